The normalized spacial score (nSPS) is 15.2. The van der Waals surface area contributed by atoms with Gasteiger partial charge in [-0.05, 0) is 67.8 Å². The van der Waals surface area contributed by atoms with Crippen molar-refractivity contribution in [3.8, 4) is 0 Å². The zero-order valence-electron chi connectivity index (χ0n) is 28.3. The molecule has 274 valence electrons. The first kappa shape index (κ1) is 36.2. The van der Waals surface area contributed by atoms with Gasteiger partial charge in [0, 0.05) is 46.9 Å². The second-order valence-electron chi connectivity index (χ2n) is 12.6. The van der Waals surface area contributed by atoms with Crippen molar-refractivity contribution in [2.45, 2.75) is 31.7 Å². The van der Waals surface area contributed by atoms with Crippen LogP contribution in [0.25, 0.3) is 10.1 Å². The minimum Gasteiger partial charge on any atom is -0.385 e. The lowest BCUT2D eigenvalue weighted by Gasteiger charge is -2.27. The van der Waals surface area contributed by atoms with Crippen LogP contribution in [0.5, 0.6) is 0 Å². The van der Waals surface area contributed by atoms with Crippen molar-refractivity contribution >= 4 is 91.3 Å². The Bertz CT molecular complexity index is 2370. The highest BCUT2D eigenvalue weighted by molar-refractivity contribution is 7.17. The maximum Gasteiger partial charge on any atom is 0.262 e. The molecule has 5 N–H and O–H groups in total. The molecule has 7 rings (SSSR count). The van der Waals surface area contributed by atoms with Crippen LogP contribution in [-0.2, 0) is 9.59 Å². The number of piperidine rings is 1. The number of unbranched alkanes of at least 4 members (excludes halogenated alkanes) is 1. The molecule has 2 aliphatic heterocycles. The quantitative estimate of drug-likeness (QED) is 0.0740. The molecule has 0 saturated carbocycles. The second kappa shape index (κ2) is 15.4. The zero-order valence-corrected chi connectivity index (χ0v) is 29.9. The Morgan fingerprint density at radius 2 is 1.72 bits per heavy atom. The summed E-state index contributed by atoms with van der Waals surface area (Å²) in [6.45, 7) is 0.811. The van der Waals surface area contributed by atoms with Gasteiger partial charge in [-0.3, -0.25) is 39.0 Å². The lowest BCUT2D eigenvalue weighted by atomic mass is 10.0. The lowest BCUT2D eigenvalue weighted by Crippen LogP contribution is -2.54. The van der Waals surface area contributed by atoms with Crippen LogP contribution in [0.15, 0.2) is 78.3 Å². The van der Waals surface area contributed by atoms with Crippen molar-refractivity contribution in [3.05, 3.63) is 111 Å². The molecule has 1 saturated heterocycles. The molecule has 1 unspecified atom stereocenters. The molecular formula is C38H31ClFN7O6S. The maximum atomic E-state index is 14.0. The van der Waals surface area contributed by atoms with E-state index in [1.165, 1.54) is 47.9 Å². The van der Waals surface area contributed by atoms with Gasteiger partial charge in [0.25, 0.3) is 23.6 Å². The lowest BCUT2D eigenvalue weighted by molar-refractivity contribution is -0.136. The maximum absolute atomic E-state index is 14.0. The van der Waals surface area contributed by atoms with Crippen LogP contribution in [0, 0.1) is 5.82 Å². The molecular weight excluding hydrogens is 737 g/mol. The van der Waals surface area contributed by atoms with E-state index >= 15 is 0 Å². The molecule has 0 spiro atoms. The Hall–Kier alpha value is -6.19. The monoisotopic (exact) mass is 767 g/mol. The largest absolute Gasteiger partial charge is 0.385 e. The molecule has 0 radical (unpaired) electrons. The van der Waals surface area contributed by atoms with Crippen molar-refractivity contribution in [3.63, 3.8) is 0 Å². The van der Waals surface area contributed by atoms with Gasteiger partial charge >= 0.3 is 0 Å². The fraction of sp³-hybridized carbons (Fsp3) is 0.184. The summed E-state index contributed by atoms with van der Waals surface area (Å²) in [6.07, 6.45) is 2.68. The number of thiophene rings is 1. The molecule has 6 amide bonds. The molecule has 0 aliphatic carbocycles. The summed E-state index contributed by atoms with van der Waals surface area (Å²) in [5, 5.41) is 16.8. The second-order valence-corrected chi connectivity index (χ2v) is 13.9. The summed E-state index contributed by atoms with van der Waals surface area (Å²) in [6, 6.07) is 16.5. The molecule has 3 aromatic carbocycles. The van der Waals surface area contributed by atoms with Crippen LogP contribution in [0.2, 0.25) is 5.02 Å². The Morgan fingerprint density at radius 3 is 2.56 bits per heavy atom. The minimum absolute atomic E-state index is 0.0402. The number of anilines is 4. The van der Waals surface area contributed by atoms with Crippen LogP contribution in [0.3, 0.4) is 0 Å². The summed E-state index contributed by atoms with van der Waals surface area (Å²) in [5.74, 6) is -3.49. The van der Waals surface area contributed by atoms with Gasteiger partial charge in [0.2, 0.25) is 11.8 Å². The first-order valence-corrected chi connectivity index (χ1v) is 18.2. The minimum atomic E-state index is -1.04. The zero-order chi connectivity index (χ0) is 37.9. The number of benzene rings is 3. The molecule has 1 fully saturated rings. The SMILES string of the molecule is O=C1CCC(N2C(=O)c3ccc(NCCCCNC(=O)c4cnc(Nc5cc(F)ccc5Cl)c(NC(=O)c5csc6ccccc56)c4)cc3C2=O)C(=O)N1. The van der Waals surface area contributed by atoms with Gasteiger partial charge in [-0.2, -0.15) is 0 Å². The van der Waals surface area contributed by atoms with Gasteiger partial charge in [0.15, 0.2) is 5.82 Å². The molecule has 16 heteroatoms. The van der Waals surface area contributed by atoms with Crippen molar-refractivity contribution in [2.24, 2.45) is 0 Å². The first-order valence-electron chi connectivity index (χ1n) is 16.9. The standard InChI is InChI=1S/C38H31ClFN7O6S/c39-27-10-7-21(40)16-28(27)44-33-29(45-35(50)26-19-54-31-6-2-1-5-23(26)31)15-20(18-43-33)34(49)42-14-4-3-13-41-22-8-9-24-25(17-22)38(53)47(37(24)52)30-11-12-32(48)46-36(30)51/h1-2,5-10,15-19,30,41H,3-4,11-14H2,(H,42,49)(H,43,44)(H,45,50)(H,46,48,51). The molecule has 13 nitrogen and oxygen atoms in total. The van der Waals surface area contributed by atoms with E-state index in [1.54, 1.807) is 17.5 Å². The van der Waals surface area contributed by atoms with Crippen molar-refractivity contribution < 1.29 is 33.2 Å². The van der Waals surface area contributed by atoms with Crippen LogP contribution in [0.1, 0.15) is 67.1 Å². The predicted octanol–water partition coefficient (Wildman–Crippen LogP) is 6.11. The Balaban J connectivity index is 0.956. The smallest absolute Gasteiger partial charge is 0.262 e. The molecule has 54 heavy (non-hydrogen) atoms. The van der Waals surface area contributed by atoms with E-state index in [1.807, 2.05) is 24.3 Å². The van der Waals surface area contributed by atoms with Crippen LogP contribution >= 0.6 is 22.9 Å². The molecule has 5 aromatic rings. The number of carbonyl (C=O) groups is 6. The highest BCUT2D eigenvalue weighted by Crippen LogP contribution is 2.32. The predicted molar refractivity (Wildman–Crippen MR) is 202 cm³/mol. The topological polar surface area (TPSA) is 179 Å². The molecule has 4 heterocycles. The average molecular weight is 768 g/mol. The number of imide groups is 2. The summed E-state index contributed by atoms with van der Waals surface area (Å²) < 4.78 is 15.0. The Morgan fingerprint density at radius 1 is 0.926 bits per heavy atom. The van der Waals surface area contributed by atoms with Crippen molar-refractivity contribution in [1.29, 1.82) is 0 Å². The van der Waals surface area contributed by atoms with E-state index < -0.39 is 47.3 Å². The Labute approximate surface area is 316 Å². The molecule has 0 bridgehead atoms. The summed E-state index contributed by atoms with van der Waals surface area (Å²) in [7, 11) is 0. The first-order chi connectivity index (χ1) is 26.1. The van der Waals surface area contributed by atoms with Crippen molar-refractivity contribution in [2.75, 3.05) is 29.0 Å². The molecule has 2 aromatic heterocycles. The third kappa shape index (κ3) is 7.49. The number of aromatic nitrogens is 1. The van der Waals surface area contributed by atoms with Gasteiger partial charge in [0.1, 0.15) is 11.9 Å². The number of amides is 6. The van der Waals surface area contributed by atoms with E-state index in [2.05, 4.69) is 31.6 Å². The van der Waals surface area contributed by atoms with Gasteiger partial charge in [-0.25, -0.2) is 9.37 Å². The molecule has 2 aliphatic rings. The average Bonchev–Trinajstić information content (AvgIpc) is 3.70. The third-order valence-electron chi connectivity index (χ3n) is 8.96. The number of halogens is 2. The highest BCUT2D eigenvalue weighted by atomic mass is 35.5. The fourth-order valence-electron chi connectivity index (χ4n) is 6.22. The van der Waals surface area contributed by atoms with Crippen LogP contribution in [-0.4, -0.2) is 64.5 Å². The van der Waals surface area contributed by atoms with E-state index in [-0.39, 0.29) is 51.7 Å². The van der Waals surface area contributed by atoms with Gasteiger partial charge in [-0.15, -0.1) is 11.3 Å². The van der Waals surface area contributed by atoms with E-state index in [0.29, 0.717) is 37.2 Å². The summed E-state index contributed by atoms with van der Waals surface area (Å²) in [5.41, 5.74) is 2.00. The third-order valence-corrected chi connectivity index (χ3v) is 10.3. The number of nitrogens with one attached hydrogen (secondary N) is 5. The van der Waals surface area contributed by atoms with Gasteiger partial charge in [-0.1, -0.05) is 29.8 Å². The summed E-state index contributed by atoms with van der Waals surface area (Å²) in [4.78, 5) is 81.8. The summed E-state index contributed by atoms with van der Waals surface area (Å²) >= 11 is 7.70. The number of rotatable bonds is 12. The Kier molecular flexibility index (Phi) is 10.3. The number of carbonyl (C=O) groups excluding carboxylic acids is 6. The molecule has 1 atom stereocenters. The van der Waals surface area contributed by atoms with E-state index in [9.17, 15) is 33.2 Å². The van der Waals surface area contributed by atoms with Crippen LogP contribution in [0.4, 0.5) is 27.3 Å². The van der Waals surface area contributed by atoms with Crippen LogP contribution < -0.4 is 26.6 Å². The number of hydrogen-bond acceptors (Lipinski definition) is 10. The van der Waals surface area contributed by atoms with Gasteiger partial charge in [0.05, 0.1) is 38.7 Å². The van der Waals surface area contributed by atoms with E-state index in [0.717, 1.165) is 15.0 Å². The van der Waals surface area contributed by atoms with Crippen molar-refractivity contribution in [1.82, 2.24) is 20.5 Å². The number of nitrogens with zero attached hydrogens (tertiary/aromatic N) is 2. The number of hydrogen-bond donors (Lipinski definition) is 5. The highest BCUT2D eigenvalue weighted by Gasteiger charge is 2.44. The van der Waals surface area contributed by atoms with Gasteiger partial charge < -0.3 is 21.3 Å². The number of pyridine rings is 1. The number of fused-ring (bicyclic) bond motifs is 2. The fourth-order valence-corrected chi connectivity index (χ4v) is 7.32. The van der Waals surface area contributed by atoms with E-state index in [4.69, 9.17) is 11.6 Å².